The molecule has 0 fully saturated rings. The number of furan rings is 1. The Morgan fingerprint density at radius 2 is 1.97 bits per heavy atom. The first kappa shape index (κ1) is 24.1. The van der Waals surface area contributed by atoms with Crippen LogP contribution >= 0.6 is 0 Å². The molecule has 0 saturated heterocycles. The standard InChI is InChI=1S/C24H35N5O2/c1-5-18(13-14-29(3)4)22(25)11-12-23(26)28-20-8-6-7-19(15-20)24(30)27-16-21-10-9-17(2)31-21/h6-12,15,18,28H,5,13-14,16,25-26H2,1-4H3,(H,27,30)/b22-11-,23-12+. The number of carbonyl (C=O) groups is 1. The third-order valence-corrected chi connectivity index (χ3v) is 4.98. The number of hydrogen-bond acceptors (Lipinski definition) is 6. The van der Waals surface area contributed by atoms with Crippen molar-refractivity contribution in [3.63, 3.8) is 0 Å². The van der Waals surface area contributed by atoms with Gasteiger partial charge < -0.3 is 31.4 Å². The van der Waals surface area contributed by atoms with Gasteiger partial charge in [-0.3, -0.25) is 4.79 Å². The van der Waals surface area contributed by atoms with Gasteiger partial charge in [-0.25, -0.2) is 0 Å². The van der Waals surface area contributed by atoms with Crippen LogP contribution in [0.15, 0.2) is 64.5 Å². The molecule has 0 radical (unpaired) electrons. The van der Waals surface area contributed by atoms with Gasteiger partial charge in [-0.05, 0) is 88.8 Å². The zero-order valence-electron chi connectivity index (χ0n) is 18.9. The quantitative estimate of drug-likeness (QED) is 0.410. The minimum absolute atomic E-state index is 0.184. The molecule has 31 heavy (non-hydrogen) atoms. The Morgan fingerprint density at radius 1 is 1.19 bits per heavy atom. The Labute approximate surface area is 185 Å². The van der Waals surface area contributed by atoms with Crippen LogP contribution in [-0.4, -0.2) is 31.4 Å². The smallest absolute Gasteiger partial charge is 0.251 e. The van der Waals surface area contributed by atoms with Crippen LogP contribution in [0, 0.1) is 12.8 Å². The highest BCUT2D eigenvalue weighted by atomic mass is 16.3. The highest BCUT2D eigenvalue weighted by Crippen LogP contribution is 2.16. The lowest BCUT2D eigenvalue weighted by Crippen LogP contribution is -2.22. The number of hydrogen-bond donors (Lipinski definition) is 4. The molecular formula is C24H35N5O2. The molecule has 0 aliphatic heterocycles. The van der Waals surface area contributed by atoms with Gasteiger partial charge in [0.2, 0.25) is 0 Å². The second kappa shape index (κ2) is 11.9. The van der Waals surface area contributed by atoms with Crippen LogP contribution in [0.4, 0.5) is 5.69 Å². The van der Waals surface area contributed by atoms with Crippen molar-refractivity contribution in [3.8, 4) is 0 Å². The molecular weight excluding hydrogens is 390 g/mol. The molecule has 2 aromatic rings. The first-order valence-corrected chi connectivity index (χ1v) is 10.6. The third kappa shape index (κ3) is 8.22. The molecule has 168 valence electrons. The number of amides is 1. The predicted octanol–water partition coefficient (Wildman–Crippen LogP) is 3.55. The van der Waals surface area contributed by atoms with Crippen LogP contribution in [0.1, 0.15) is 41.6 Å². The van der Waals surface area contributed by atoms with Gasteiger partial charge in [0.05, 0.1) is 6.54 Å². The van der Waals surface area contributed by atoms with Gasteiger partial charge in [-0.15, -0.1) is 0 Å². The summed E-state index contributed by atoms with van der Waals surface area (Å²) in [5, 5.41) is 5.96. The summed E-state index contributed by atoms with van der Waals surface area (Å²) in [6.07, 6.45) is 5.60. The summed E-state index contributed by atoms with van der Waals surface area (Å²) in [6, 6.07) is 10.9. The number of aryl methyl sites for hydroxylation is 1. The number of nitrogens with one attached hydrogen (secondary N) is 2. The number of allylic oxidation sites excluding steroid dienone is 3. The van der Waals surface area contributed by atoms with Gasteiger partial charge in [0.1, 0.15) is 17.3 Å². The molecule has 7 nitrogen and oxygen atoms in total. The van der Waals surface area contributed by atoms with E-state index in [0.29, 0.717) is 29.6 Å². The molecule has 0 spiro atoms. The van der Waals surface area contributed by atoms with E-state index in [1.807, 2.05) is 31.2 Å². The maximum absolute atomic E-state index is 12.4. The van der Waals surface area contributed by atoms with Gasteiger partial charge in [-0.2, -0.15) is 0 Å². The summed E-state index contributed by atoms with van der Waals surface area (Å²) in [4.78, 5) is 14.6. The molecule has 0 aliphatic carbocycles. The maximum atomic E-state index is 12.4. The molecule has 0 bridgehead atoms. The van der Waals surface area contributed by atoms with E-state index in [4.69, 9.17) is 15.9 Å². The van der Waals surface area contributed by atoms with Crippen molar-refractivity contribution in [2.24, 2.45) is 17.4 Å². The lowest BCUT2D eigenvalue weighted by atomic mass is 9.98. The van der Waals surface area contributed by atoms with Crippen molar-refractivity contribution in [2.75, 3.05) is 26.0 Å². The maximum Gasteiger partial charge on any atom is 0.251 e. The number of benzene rings is 1. The summed E-state index contributed by atoms with van der Waals surface area (Å²) in [7, 11) is 4.11. The van der Waals surface area contributed by atoms with Crippen molar-refractivity contribution in [1.29, 1.82) is 0 Å². The number of anilines is 1. The van der Waals surface area contributed by atoms with E-state index in [0.717, 1.165) is 36.5 Å². The van der Waals surface area contributed by atoms with E-state index < -0.39 is 0 Å². The largest absolute Gasteiger partial charge is 0.465 e. The normalized spacial score (nSPS) is 13.3. The molecule has 0 aliphatic rings. The molecule has 1 aromatic carbocycles. The molecule has 1 heterocycles. The molecule has 1 atom stereocenters. The predicted molar refractivity (Wildman–Crippen MR) is 126 cm³/mol. The Kier molecular flexibility index (Phi) is 9.21. The summed E-state index contributed by atoms with van der Waals surface area (Å²) >= 11 is 0. The Hall–Kier alpha value is -3.19. The fourth-order valence-electron chi connectivity index (χ4n) is 3.14. The summed E-state index contributed by atoms with van der Waals surface area (Å²) in [5.41, 5.74) is 14.4. The van der Waals surface area contributed by atoms with Gasteiger partial charge in [0.15, 0.2) is 0 Å². The summed E-state index contributed by atoms with van der Waals surface area (Å²) in [6.45, 7) is 5.32. The van der Waals surface area contributed by atoms with Gasteiger partial charge in [-0.1, -0.05) is 13.0 Å². The van der Waals surface area contributed by atoms with Crippen molar-refractivity contribution >= 4 is 11.6 Å². The summed E-state index contributed by atoms with van der Waals surface area (Å²) < 4.78 is 5.47. The molecule has 1 unspecified atom stereocenters. The molecule has 2 rings (SSSR count). The van der Waals surface area contributed by atoms with Gasteiger partial charge in [0, 0.05) is 16.9 Å². The van der Waals surface area contributed by atoms with E-state index in [1.54, 1.807) is 24.3 Å². The fraction of sp³-hybridized carbons (Fsp3) is 0.375. The van der Waals surface area contributed by atoms with Crippen LogP contribution in [0.25, 0.3) is 0 Å². The van der Waals surface area contributed by atoms with Crippen molar-refractivity contribution < 1.29 is 9.21 Å². The second-order valence-corrected chi connectivity index (χ2v) is 7.89. The van der Waals surface area contributed by atoms with E-state index in [1.165, 1.54) is 0 Å². The zero-order valence-corrected chi connectivity index (χ0v) is 18.9. The average molecular weight is 426 g/mol. The molecule has 1 amide bonds. The molecule has 7 heteroatoms. The Balaban J connectivity index is 1.96. The highest BCUT2D eigenvalue weighted by molar-refractivity contribution is 5.95. The Morgan fingerprint density at radius 3 is 2.61 bits per heavy atom. The molecule has 0 saturated carbocycles. The second-order valence-electron chi connectivity index (χ2n) is 7.89. The van der Waals surface area contributed by atoms with Crippen LogP contribution in [0.2, 0.25) is 0 Å². The molecule has 1 aromatic heterocycles. The SMILES string of the molecule is CCC(CCN(C)C)/C(N)=C/C=C(\N)Nc1cccc(C(=O)NCc2ccc(C)o2)c1. The van der Waals surface area contributed by atoms with Gasteiger partial charge >= 0.3 is 0 Å². The lowest BCUT2D eigenvalue weighted by molar-refractivity contribution is 0.0948. The molecule has 6 N–H and O–H groups in total. The minimum atomic E-state index is -0.184. The highest BCUT2D eigenvalue weighted by Gasteiger charge is 2.10. The topological polar surface area (TPSA) is 110 Å². The minimum Gasteiger partial charge on any atom is -0.465 e. The average Bonchev–Trinajstić information content (AvgIpc) is 3.16. The first-order valence-electron chi connectivity index (χ1n) is 10.6. The Bertz CT molecular complexity index is 914. The zero-order chi connectivity index (χ0) is 22.8. The van der Waals surface area contributed by atoms with E-state index in [9.17, 15) is 4.79 Å². The van der Waals surface area contributed by atoms with Crippen LogP contribution in [-0.2, 0) is 6.54 Å². The third-order valence-electron chi connectivity index (χ3n) is 4.98. The van der Waals surface area contributed by atoms with E-state index in [2.05, 4.69) is 36.6 Å². The van der Waals surface area contributed by atoms with Gasteiger partial charge in [0.25, 0.3) is 5.91 Å². The van der Waals surface area contributed by atoms with Crippen LogP contribution in [0.5, 0.6) is 0 Å². The van der Waals surface area contributed by atoms with E-state index >= 15 is 0 Å². The van der Waals surface area contributed by atoms with Crippen molar-refractivity contribution in [2.45, 2.75) is 33.2 Å². The van der Waals surface area contributed by atoms with E-state index in [-0.39, 0.29) is 5.91 Å². The van der Waals surface area contributed by atoms with Crippen molar-refractivity contribution in [3.05, 3.63) is 77.2 Å². The van der Waals surface area contributed by atoms with Crippen LogP contribution < -0.4 is 22.1 Å². The number of carbonyl (C=O) groups excluding carboxylic acids is 1. The monoisotopic (exact) mass is 425 g/mol. The van der Waals surface area contributed by atoms with Crippen molar-refractivity contribution in [1.82, 2.24) is 10.2 Å². The summed E-state index contributed by atoms with van der Waals surface area (Å²) in [5.74, 6) is 2.12. The number of rotatable bonds is 11. The van der Waals surface area contributed by atoms with Crippen LogP contribution in [0.3, 0.4) is 0 Å². The lowest BCUT2D eigenvalue weighted by Gasteiger charge is -2.18. The first-order chi connectivity index (χ1) is 14.8. The number of nitrogens with zero attached hydrogens (tertiary/aromatic N) is 1. The number of nitrogens with two attached hydrogens (primary N) is 2. The fourth-order valence-corrected chi connectivity index (χ4v) is 3.14.